The van der Waals surface area contributed by atoms with Gasteiger partial charge in [0.1, 0.15) is 12.6 Å². The van der Waals surface area contributed by atoms with Gasteiger partial charge in [0.25, 0.3) is 5.91 Å². The first-order chi connectivity index (χ1) is 17.9. The van der Waals surface area contributed by atoms with Gasteiger partial charge in [-0.3, -0.25) is 14.5 Å². The Kier molecular flexibility index (Phi) is 10.5. The number of unbranched alkanes of at least 4 members (excludes halogenated alkanes) is 1. The molecule has 9 nitrogen and oxygen atoms in total. The van der Waals surface area contributed by atoms with E-state index in [1.54, 1.807) is 29.2 Å². The van der Waals surface area contributed by atoms with Crippen LogP contribution in [0, 0.1) is 11.3 Å². The van der Waals surface area contributed by atoms with Gasteiger partial charge >= 0.3 is 6.03 Å². The van der Waals surface area contributed by atoms with Crippen molar-refractivity contribution in [3.05, 3.63) is 65.7 Å². The second-order valence-electron chi connectivity index (χ2n) is 9.33. The van der Waals surface area contributed by atoms with Gasteiger partial charge in [0.2, 0.25) is 5.91 Å². The second kappa shape index (κ2) is 14.0. The minimum Gasteiger partial charge on any atom is -0.341 e. The highest BCUT2D eigenvalue weighted by atomic mass is 16.2. The molecule has 1 heterocycles. The highest BCUT2D eigenvalue weighted by Crippen LogP contribution is 2.19. The number of nitrogens with one attached hydrogen (secondary N) is 3. The zero-order valence-electron chi connectivity index (χ0n) is 21.6. The predicted molar refractivity (Wildman–Crippen MR) is 143 cm³/mol. The summed E-state index contributed by atoms with van der Waals surface area (Å²) in [6, 6.07) is 18.0. The Bertz CT molecular complexity index is 1080. The molecule has 0 unspecified atom stereocenters. The number of anilines is 1. The molecule has 1 fully saturated rings. The molecule has 0 bridgehead atoms. The van der Waals surface area contributed by atoms with Crippen LogP contribution < -0.4 is 16.0 Å². The number of likely N-dealkylation sites (tertiary alicyclic amines) is 1. The maximum atomic E-state index is 12.8. The number of hydrogen-bond acceptors (Lipinski definition) is 5. The summed E-state index contributed by atoms with van der Waals surface area (Å²) in [7, 11) is 1.81. The first-order valence-corrected chi connectivity index (χ1v) is 12.8. The maximum Gasteiger partial charge on any atom is 0.321 e. The third-order valence-corrected chi connectivity index (χ3v) is 6.57. The van der Waals surface area contributed by atoms with Crippen molar-refractivity contribution in [2.24, 2.45) is 0 Å². The molecule has 196 valence electrons. The van der Waals surface area contributed by atoms with Gasteiger partial charge in [-0.2, -0.15) is 5.26 Å². The number of nitriles is 1. The molecule has 2 aromatic carbocycles. The minimum absolute atomic E-state index is 0.105. The molecular weight excluding hydrogens is 468 g/mol. The first kappa shape index (κ1) is 27.7. The molecule has 3 rings (SSSR count). The van der Waals surface area contributed by atoms with Crippen LogP contribution in [0.15, 0.2) is 54.6 Å². The summed E-state index contributed by atoms with van der Waals surface area (Å²) in [6.45, 7) is 4.53. The van der Waals surface area contributed by atoms with E-state index in [1.165, 1.54) is 5.56 Å². The molecule has 3 N–H and O–H groups in total. The van der Waals surface area contributed by atoms with Crippen LogP contribution >= 0.6 is 0 Å². The van der Waals surface area contributed by atoms with Crippen molar-refractivity contribution >= 4 is 23.5 Å². The lowest BCUT2D eigenvalue weighted by atomic mass is 10.1. The normalized spacial score (nSPS) is 15.9. The average molecular weight is 505 g/mol. The van der Waals surface area contributed by atoms with Gasteiger partial charge in [-0.15, -0.1) is 0 Å². The Morgan fingerprint density at radius 3 is 2.54 bits per heavy atom. The summed E-state index contributed by atoms with van der Waals surface area (Å²) in [4.78, 5) is 42.0. The predicted octanol–water partition coefficient (Wildman–Crippen LogP) is 3.35. The van der Waals surface area contributed by atoms with E-state index in [2.05, 4.69) is 33.0 Å². The summed E-state index contributed by atoms with van der Waals surface area (Å²) in [5.74, 6) is -0.753. The molecular formula is C28H36N6O3. The van der Waals surface area contributed by atoms with Gasteiger partial charge in [0.05, 0.1) is 6.07 Å². The van der Waals surface area contributed by atoms with Gasteiger partial charge in [-0.05, 0) is 42.7 Å². The van der Waals surface area contributed by atoms with Crippen molar-refractivity contribution in [3.8, 4) is 6.07 Å². The minimum atomic E-state index is -0.707. The molecule has 1 saturated heterocycles. The van der Waals surface area contributed by atoms with E-state index >= 15 is 0 Å². The fourth-order valence-corrected chi connectivity index (χ4v) is 4.36. The lowest BCUT2D eigenvalue weighted by Gasteiger charge is -2.25. The number of rotatable bonds is 11. The number of urea groups is 1. The zero-order valence-corrected chi connectivity index (χ0v) is 21.6. The van der Waals surface area contributed by atoms with Crippen molar-refractivity contribution in [3.63, 3.8) is 0 Å². The summed E-state index contributed by atoms with van der Waals surface area (Å²) < 4.78 is 0. The summed E-state index contributed by atoms with van der Waals surface area (Å²) in [5, 5.41) is 16.9. The average Bonchev–Trinajstić information content (AvgIpc) is 3.38. The van der Waals surface area contributed by atoms with Crippen molar-refractivity contribution < 1.29 is 14.4 Å². The molecule has 9 heteroatoms. The van der Waals surface area contributed by atoms with E-state index in [0.717, 1.165) is 38.9 Å². The third kappa shape index (κ3) is 8.33. The van der Waals surface area contributed by atoms with Crippen molar-refractivity contribution in [2.75, 3.05) is 32.0 Å². The van der Waals surface area contributed by atoms with Crippen LogP contribution in [0.3, 0.4) is 0 Å². The molecule has 2 aromatic rings. The standard InChI is InChI=1S/C28H36N6O3/c1-3-4-10-25(27(36)30-17-16-29)32-26(35)22-11-13-23(14-12-22)31-28(37)33(2)24-15-18-34(20-24)19-21-8-6-5-7-9-21/h5-9,11-14,24-25H,3-4,10,15,17-20H2,1-2H3,(H,30,36)(H,31,37)(H,32,35)/t24-,25+/m1/s1. The molecule has 0 aliphatic carbocycles. The van der Waals surface area contributed by atoms with Crippen molar-refractivity contribution in [2.45, 2.75) is 51.2 Å². The van der Waals surface area contributed by atoms with E-state index in [1.807, 2.05) is 38.2 Å². The van der Waals surface area contributed by atoms with E-state index < -0.39 is 6.04 Å². The Morgan fingerprint density at radius 1 is 1.14 bits per heavy atom. The fraction of sp³-hybridized carbons (Fsp3) is 0.429. The third-order valence-electron chi connectivity index (χ3n) is 6.57. The number of hydrogen-bond donors (Lipinski definition) is 3. The topological polar surface area (TPSA) is 118 Å². The van der Waals surface area contributed by atoms with Crippen LogP contribution in [0.5, 0.6) is 0 Å². The molecule has 4 amide bonds. The van der Waals surface area contributed by atoms with E-state index in [4.69, 9.17) is 5.26 Å². The van der Waals surface area contributed by atoms with Crippen molar-refractivity contribution in [1.29, 1.82) is 5.26 Å². The van der Waals surface area contributed by atoms with Crippen LogP contribution in [0.4, 0.5) is 10.5 Å². The maximum absolute atomic E-state index is 12.8. The number of carbonyl (C=O) groups is 3. The second-order valence-corrected chi connectivity index (χ2v) is 9.33. The van der Waals surface area contributed by atoms with E-state index in [9.17, 15) is 14.4 Å². The lowest BCUT2D eigenvalue weighted by Crippen LogP contribution is -2.46. The number of benzene rings is 2. The molecule has 0 spiro atoms. The Balaban J connectivity index is 1.51. The van der Waals surface area contributed by atoms with Gasteiger partial charge in [-0.25, -0.2) is 4.79 Å². The number of likely N-dealkylation sites (N-methyl/N-ethyl adjacent to an activating group) is 1. The summed E-state index contributed by atoms with van der Waals surface area (Å²) in [5.41, 5.74) is 2.23. The Hall–Kier alpha value is -3.90. The lowest BCUT2D eigenvalue weighted by molar-refractivity contribution is -0.122. The van der Waals surface area contributed by atoms with Gasteiger partial charge in [0, 0.05) is 44.0 Å². The monoisotopic (exact) mass is 504 g/mol. The number of nitrogens with zero attached hydrogens (tertiary/aromatic N) is 3. The highest BCUT2D eigenvalue weighted by Gasteiger charge is 2.28. The van der Waals surface area contributed by atoms with Gasteiger partial charge < -0.3 is 20.9 Å². The molecule has 0 radical (unpaired) electrons. The molecule has 1 aliphatic heterocycles. The molecule has 0 aromatic heterocycles. The molecule has 1 aliphatic rings. The molecule has 0 saturated carbocycles. The van der Waals surface area contributed by atoms with E-state index in [-0.39, 0.29) is 30.4 Å². The van der Waals surface area contributed by atoms with Gasteiger partial charge in [0.15, 0.2) is 0 Å². The molecule has 37 heavy (non-hydrogen) atoms. The summed E-state index contributed by atoms with van der Waals surface area (Å²) >= 11 is 0. The zero-order chi connectivity index (χ0) is 26.6. The largest absolute Gasteiger partial charge is 0.341 e. The summed E-state index contributed by atoms with van der Waals surface area (Å²) in [6.07, 6.45) is 3.06. The molecule has 2 atom stereocenters. The SMILES string of the molecule is CCCC[C@H](NC(=O)c1ccc(NC(=O)N(C)[C@@H]2CCN(Cc3ccccc3)C2)cc1)C(=O)NCC#N. The number of carbonyl (C=O) groups excluding carboxylic acids is 3. The fourth-order valence-electron chi connectivity index (χ4n) is 4.36. The van der Waals surface area contributed by atoms with Gasteiger partial charge in [-0.1, -0.05) is 50.1 Å². The Labute approximate surface area is 218 Å². The van der Waals surface area contributed by atoms with Crippen LogP contribution in [-0.2, 0) is 11.3 Å². The highest BCUT2D eigenvalue weighted by molar-refractivity contribution is 5.98. The van der Waals surface area contributed by atoms with Crippen LogP contribution in [0.2, 0.25) is 0 Å². The van der Waals surface area contributed by atoms with Crippen molar-refractivity contribution in [1.82, 2.24) is 20.4 Å². The van der Waals surface area contributed by atoms with Crippen LogP contribution in [0.1, 0.15) is 48.5 Å². The Morgan fingerprint density at radius 2 is 1.86 bits per heavy atom. The first-order valence-electron chi connectivity index (χ1n) is 12.8. The quantitative estimate of drug-likeness (QED) is 0.406. The van der Waals surface area contributed by atoms with Crippen LogP contribution in [0.25, 0.3) is 0 Å². The number of amides is 4. The van der Waals surface area contributed by atoms with E-state index in [0.29, 0.717) is 17.7 Å². The van der Waals surface area contributed by atoms with Crippen LogP contribution in [-0.4, -0.2) is 66.4 Å². The smallest absolute Gasteiger partial charge is 0.321 e.